The molecule has 2 aromatic heterocycles. The van der Waals surface area contributed by atoms with Crippen molar-refractivity contribution in [3.8, 4) is 5.75 Å². The summed E-state index contributed by atoms with van der Waals surface area (Å²) in [6.07, 6.45) is 3.11. The van der Waals surface area contributed by atoms with Gasteiger partial charge in [0.2, 0.25) is 11.3 Å². The minimum atomic E-state index is 0.399. The second kappa shape index (κ2) is 6.31. The zero-order valence-electron chi connectivity index (χ0n) is 13.3. The Morgan fingerprint density at radius 2 is 1.88 bits per heavy atom. The lowest BCUT2D eigenvalue weighted by Gasteiger charge is -2.12. The molecule has 0 atom stereocenters. The Hall–Kier alpha value is -2.90. The van der Waals surface area contributed by atoms with Gasteiger partial charge in [0.25, 0.3) is 0 Å². The highest BCUT2D eigenvalue weighted by Crippen LogP contribution is 2.28. The zero-order valence-corrected chi connectivity index (χ0v) is 13.3. The molecule has 4 rings (SSSR count). The lowest BCUT2D eigenvalue weighted by Crippen LogP contribution is -2.12. The van der Waals surface area contributed by atoms with Crippen molar-refractivity contribution >= 4 is 22.9 Å². The summed E-state index contributed by atoms with van der Waals surface area (Å²) in [6, 6.07) is 8.45. The fourth-order valence-electron chi connectivity index (χ4n) is 2.51. The average molecular weight is 326 g/mol. The highest BCUT2D eigenvalue weighted by Gasteiger charge is 2.24. The molecule has 8 heteroatoms. The third kappa shape index (κ3) is 3.08. The van der Waals surface area contributed by atoms with Gasteiger partial charge in [-0.2, -0.15) is 0 Å². The van der Waals surface area contributed by atoms with Gasteiger partial charge in [0.15, 0.2) is 11.6 Å². The number of hydrogen-bond acceptors (Lipinski definition) is 8. The predicted molar refractivity (Wildman–Crippen MR) is 89.2 cm³/mol. The maximum Gasteiger partial charge on any atom is 0.245 e. The summed E-state index contributed by atoms with van der Waals surface area (Å²) < 4.78 is 10.1. The Kier molecular flexibility index (Phi) is 3.86. The van der Waals surface area contributed by atoms with Crippen LogP contribution in [0.1, 0.15) is 18.4 Å². The molecule has 2 N–H and O–H groups in total. The van der Waals surface area contributed by atoms with Crippen molar-refractivity contribution in [3.63, 3.8) is 0 Å². The maximum absolute atomic E-state index is 5.38. The van der Waals surface area contributed by atoms with E-state index >= 15 is 0 Å². The van der Waals surface area contributed by atoms with Gasteiger partial charge < -0.3 is 15.4 Å². The molecule has 3 aromatic rings. The summed E-state index contributed by atoms with van der Waals surface area (Å²) in [5.41, 5.74) is 1.95. The standard InChI is InChI=1S/C16H18N6O2/c1-23-12-5-3-2-4-10(12)8-9-17-13-14(18-11-6-7-11)20-16-15(19-13)21-24-22-16/h2-5,11H,6-9H2,1H3,(H,17,19,21)(H,18,20,22). The highest BCUT2D eigenvalue weighted by atomic mass is 16.6. The summed E-state index contributed by atoms with van der Waals surface area (Å²) >= 11 is 0. The van der Waals surface area contributed by atoms with Gasteiger partial charge in [-0.25, -0.2) is 14.6 Å². The van der Waals surface area contributed by atoms with Crippen molar-refractivity contribution < 1.29 is 9.37 Å². The van der Waals surface area contributed by atoms with Crippen LogP contribution in [-0.4, -0.2) is 40.0 Å². The van der Waals surface area contributed by atoms with Crippen LogP contribution in [-0.2, 0) is 6.42 Å². The molecule has 24 heavy (non-hydrogen) atoms. The van der Waals surface area contributed by atoms with E-state index in [0.717, 1.165) is 30.6 Å². The predicted octanol–water partition coefficient (Wildman–Crippen LogP) is 2.25. The first-order chi connectivity index (χ1) is 11.8. The molecule has 1 fully saturated rings. The molecule has 0 spiro atoms. The minimum Gasteiger partial charge on any atom is -0.496 e. The van der Waals surface area contributed by atoms with Crippen LogP contribution in [0.3, 0.4) is 0 Å². The second-order valence-electron chi connectivity index (χ2n) is 5.74. The van der Waals surface area contributed by atoms with E-state index in [9.17, 15) is 0 Å². The molecule has 0 radical (unpaired) electrons. The molecule has 0 amide bonds. The van der Waals surface area contributed by atoms with E-state index in [-0.39, 0.29) is 0 Å². The fourth-order valence-corrected chi connectivity index (χ4v) is 2.51. The van der Waals surface area contributed by atoms with Crippen LogP contribution in [0.25, 0.3) is 11.3 Å². The van der Waals surface area contributed by atoms with Gasteiger partial charge in [-0.15, -0.1) is 0 Å². The van der Waals surface area contributed by atoms with Crippen molar-refractivity contribution in [2.45, 2.75) is 25.3 Å². The third-order valence-corrected chi connectivity index (χ3v) is 3.91. The molecule has 0 saturated heterocycles. The molecular weight excluding hydrogens is 308 g/mol. The second-order valence-corrected chi connectivity index (χ2v) is 5.74. The molecule has 0 bridgehead atoms. The van der Waals surface area contributed by atoms with Crippen LogP contribution < -0.4 is 15.4 Å². The van der Waals surface area contributed by atoms with Gasteiger partial charge in [-0.05, 0) is 41.2 Å². The maximum atomic E-state index is 5.38. The summed E-state index contributed by atoms with van der Waals surface area (Å²) in [4.78, 5) is 8.90. The lowest BCUT2D eigenvalue weighted by molar-refractivity contribution is 0.314. The Bertz CT molecular complexity index is 845. The Labute approximate surface area is 138 Å². The van der Waals surface area contributed by atoms with E-state index in [2.05, 4.69) is 37.0 Å². The van der Waals surface area contributed by atoms with Crippen molar-refractivity contribution in [2.75, 3.05) is 24.3 Å². The van der Waals surface area contributed by atoms with Gasteiger partial charge in [0.05, 0.1) is 7.11 Å². The number of benzene rings is 1. The van der Waals surface area contributed by atoms with Gasteiger partial charge in [0, 0.05) is 12.6 Å². The fraction of sp³-hybridized carbons (Fsp3) is 0.375. The van der Waals surface area contributed by atoms with Crippen molar-refractivity contribution in [2.24, 2.45) is 0 Å². The number of hydrogen-bond donors (Lipinski definition) is 2. The first-order valence-electron chi connectivity index (χ1n) is 7.96. The number of fused-ring (bicyclic) bond motifs is 1. The zero-order chi connectivity index (χ0) is 16.4. The number of ether oxygens (including phenoxy) is 1. The molecular formula is C16H18N6O2. The summed E-state index contributed by atoms with van der Waals surface area (Å²) in [7, 11) is 1.68. The van der Waals surface area contributed by atoms with E-state index in [4.69, 9.17) is 9.37 Å². The van der Waals surface area contributed by atoms with E-state index in [1.165, 1.54) is 0 Å². The molecule has 124 valence electrons. The van der Waals surface area contributed by atoms with E-state index < -0.39 is 0 Å². The normalized spacial score (nSPS) is 13.9. The van der Waals surface area contributed by atoms with Crippen molar-refractivity contribution in [1.29, 1.82) is 0 Å². The van der Waals surface area contributed by atoms with Crippen molar-refractivity contribution in [1.82, 2.24) is 20.3 Å². The van der Waals surface area contributed by atoms with Gasteiger partial charge >= 0.3 is 0 Å². The van der Waals surface area contributed by atoms with Crippen LogP contribution in [0.2, 0.25) is 0 Å². The number of nitrogens with one attached hydrogen (secondary N) is 2. The summed E-state index contributed by atoms with van der Waals surface area (Å²) in [5.74, 6) is 2.25. The largest absolute Gasteiger partial charge is 0.496 e. The number of nitrogens with zero attached hydrogens (tertiary/aromatic N) is 4. The molecule has 0 unspecified atom stereocenters. The van der Waals surface area contributed by atoms with Crippen LogP contribution in [0.4, 0.5) is 11.6 Å². The van der Waals surface area contributed by atoms with E-state index in [1.54, 1.807) is 7.11 Å². The summed E-state index contributed by atoms with van der Waals surface area (Å²) in [6.45, 7) is 0.700. The number of aromatic nitrogens is 4. The third-order valence-electron chi connectivity index (χ3n) is 3.91. The molecule has 1 aromatic carbocycles. The highest BCUT2D eigenvalue weighted by molar-refractivity contribution is 5.73. The quantitative estimate of drug-likeness (QED) is 0.682. The Balaban J connectivity index is 1.50. The van der Waals surface area contributed by atoms with Crippen LogP contribution in [0.15, 0.2) is 28.9 Å². The SMILES string of the molecule is COc1ccccc1CCNc1nc2nonc2nc1NC1CC1. The van der Waals surface area contributed by atoms with Crippen molar-refractivity contribution in [3.05, 3.63) is 29.8 Å². The monoisotopic (exact) mass is 326 g/mol. The Morgan fingerprint density at radius 3 is 2.62 bits per heavy atom. The molecule has 8 nitrogen and oxygen atoms in total. The number of para-hydroxylation sites is 1. The number of rotatable bonds is 7. The first kappa shape index (κ1) is 14.7. The summed E-state index contributed by atoms with van der Waals surface area (Å²) in [5, 5.41) is 14.2. The van der Waals surface area contributed by atoms with E-state index in [0.29, 0.717) is 35.5 Å². The molecule has 2 heterocycles. The van der Waals surface area contributed by atoms with Crippen LogP contribution in [0.5, 0.6) is 5.75 Å². The topological polar surface area (TPSA) is 98.0 Å². The van der Waals surface area contributed by atoms with E-state index in [1.807, 2.05) is 18.2 Å². The smallest absolute Gasteiger partial charge is 0.245 e. The number of anilines is 2. The molecule has 1 aliphatic carbocycles. The molecule has 1 aliphatic rings. The molecule has 0 aliphatic heterocycles. The number of methoxy groups -OCH3 is 1. The Morgan fingerprint density at radius 1 is 1.12 bits per heavy atom. The minimum absolute atomic E-state index is 0.399. The lowest BCUT2D eigenvalue weighted by atomic mass is 10.1. The van der Waals surface area contributed by atoms with Gasteiger partial charge in [-0.1, -0.05) is 18.2 Å². The van der Waals surface area contributed by atoms with Gasteiger partial charge in [0.1, 0.15) is 5.75 Å². The first-order valence-corrected chi connectivity index (χ1v) is 7.96. The molecule has 1 saturated carbocycles. The average Bonchev–Trinajstić information content (AvgIpc) is 3.31. The van der Waals surface area contributed by atoms with Crippen LogP contribution in [0, 0.1) is 0 Å². The van der Waals surface area contributed by atoms with Crippen LogP contribution >= 0.6 is 0 Å². The van der Waals surface area contributed by atoms with Gasteiger partial charge in [-0.3, -0.25) is 0 Å².